The number of ether oxygens (including phenoxy) is 2. The highest BCUT2D eigenvalue weighted by molar-refractivity contribution is 5.85. The molecule has 20 heavy (non-hydrogen) atoms. The molecule has 0 aliphatic heterocycles. The third-order valence-electron chi connectivity index (χ3n) is 2.53. The lowest BCUT2D eigenvalue weighted by atomic mass is 10.2. The van der Waals surface area contributed by atoms with Crippen LogP contribution in [0.1, 0.15) is 5.56 Å². The molecule has 0 spiro atoms. The predicted octanol–water partition coefficient (Wildman–Crippen LogP) is 0.831. The number of rotatable bonds is 4. The standard InChI is InChI=1S/C13H13N3O4/c1-19-9-4-3-8(10(5-9)20-2)7-14-11-6-12(17)16-13(18)15-11/h3-7H,1-2H3,(H2,15,16,17,18). The van der Waals surface area contributed by atoms with Gasteiger partial charge in [0.2, 0.25) is 0 Å². The van der Waals surface area contributed by atoms with Gasteiger partial charge in [0.05, 0.1) is 14.2 Å². The molecule has 0 amide bonds. The first-order valence-corrected chi connectivity index (χ1v) is 5.72. The van der Waals surface area contributed by atoms with Crippen molar-refractivity contribution >= 4 is 12.0 Å². The van der Waals surface area contributed by atoms with Gasteiger partial charge >= 0.3 is 5.69 Å². The Morgan fingerprint density at radius 2 is 1.90 bits per heavy atom. The smallest absolute Gasteiger partial charge is 0.327 e. The summed E-state index contributed by atoms with van der Waals surface area (Å²) in [7, 11) is 3.09. The summed E-state index contributed by atoms with van der Waals surface area (Å²) in [5, 5.41) is 0. The Kier molecular flexibility index (Phi) is 3.99. The number of aromatic amines is 2. The number of hydrogen-bond acceptors (Lipinski definition) is 5. The van der Waals surface area contributed by atoms with Crippen molar-refractivity contribution in [3.63, 3.8) is 0 Å². The molecule has 0 fully saturated rings. The molecule has 0 aliphatic rings. The summed E-state index contributed by atoms with van der Waals surface area (Å²) in [5.74, 6) is 1.39. The molecule has 1 heterocycles. The van der Waals surface area contributed by atoms with E-state index in [4.69, 9.17) is 9.47 Å². The molecule has 104 valence electrons. The largest absolute Gasteiger partial charge is 0.497 e. The number of aliphatic imine (C=N–C) groups is 1. The minimum absolute atomic E-state index is 0.164. The molecule has 0 atom stereocenters. The summed E-state index contributed by atoms with van der Waals surface area (Å²) >= 11 is 0. The number of hydrogen-bond donors (Lipinski definition) is 2. The second kappa shape index (κ2) is 5.87. The molecule has 0 bridgehead atoms. The molecule has 0 saturated carbocycles. The average Bonchev–Trinajstić information content (AvgIpc) is 2.44. The molecule has 1 aromatic carbocycles. The van der Waals surface area contributed by atoms with E-state index >= 15 is 0 Å². The number of aromatic nitrogens is 2. The molecule has 7 nitrogen and oxygen atoms in total. The third-order valence-corrected chi connectivity index (χ3v) is 2.53. The molecule has 1 aromatic heterocycles. The lowest BCUT2D eigenvalue weighted by molar-refractivity contribution is 0.394. The second-order valence-electron chi connectivity index (χ2n) is 3.84. The van der Waals surface area contributed by atoms with Gasteiger partial charge in [0.1, 0.15) is 17.3 Å². The van der Waals surface area contributed by atoms with Crippen molar-refractivity contribution in [1.82, 2.24) is 9.97 Å². The van der Waals surface area contributed by atoms with Gasteiger partial charge in [-0.1, -0.05) is 0 Å². The minimum atomic E-state index is -0.605. The summed E-state index contributed by atoms with van der Waals surface area (Å²) in [5.41, 5.74) is -0.427. The molecule has 0 aliphatic carbocycles. The molecular weight excluding hydrogens is 262 g/mol. The van der Waals surface area contributed by atoms with E-state index in [1.165, 1.54) is 19.4 Å². The zero-order valence-corrected chi connectivity index (χ0v) is 11.0. The summed E-state index contributed by atoms with van der Waals surface area (Å²) in [6, 6.07) is 6.41. The topological polar surface area (TPSA) is 96.5 Å². The van der Waals surface area contributed by atoms with Gasteiger partial charge in [-0.2, -0.15) is 0 Å². The summed E-state index contributed by atoms with van der Waals surface area (Å²) in [6.07, 6.45) is 1.49. The lowest BCUT2D eigenvalue weighted by Crippen LogP contribution is -2.20. The number of H-pyrrole nitrogens is 2. The number of methoxy groups -OCH3 is 2. The first-order chi connectivity index (χ1) is 9.62. The van der Waals surface area contributed by atoms with E-state index in [9.17, 15) is 9.59 Å². The summed E-state index contributed by atoms with van der Waals surface area (Å²) in [4.78, 5) is 30.8. The summed E-state index contributed by atoms with van der Waals surface area (Å²) < 4.78 is 10.3. The molecule has 2 aromatic rings. The van der Waals surface area contributed by atoms with Crippen LogP contribution in [0.15, 0.2) is 38.8 Å². The van der Waals surface area contributed by atoms with Crippen LogP contribution in [0.4, 0.5) is 5.82 Å². The Labute approximate surface area is 113 Å². The molecule has 0 radical (unpaired) electrons. The quantitative estimate of drug-likeness (QED) is 0.808. The van der Waals surface area contributed by atoms with Crippen LogP contribution in [0.2, 0.25) is 0 Å². The fourth-order valence-corrected chi connectivity index (χ4v) is 1.59. The van der Waals surface area contributed by atoms with Gasteiger partial charge < -0.3 is 9.47 Å². The Bertz CT molecular complexity index is 718. The lowest BCUT2D eigenvalue weighted by Gasteiger charge is -2.06. The van der Waals surface area contributed by atoms with E-state index in [0.717, 1.165) is 0 Å². The van der Waals surface area contributed by atoms with Gasteiger partial charge in [0.15, 0.2) is 0 Å². The van der Waals surface area contributed by atoms with Crippen molar-refractivity contribution in [2.24, 2.45) is 4.99 Å². The minimum Gasteiger partial charge on any atom is -0.497 e. The third kappa shape index (κ3) is 3.14. The normalized spacial score (nSPS) is 10.7. The Hall–Kier alpha value is -2.83. The molecule has 0 saturated heterocycles. The highest BCUT2D eigenvalue weighted by atomic mass is 16.5. The molecule has 2 rings (SSSR count). The van der Waals surface area contributed by atoms with Gasteiger partial charge in [-0.15, -0.1) is 0 Å². The van der Waals surface area contributed by atoms with Crippen LogP contribution in [0.25, 0.3) is 0 Å². The predicted molar refractivity (Wildman–Crippen MR) is 74.5 cm³/mol. The van der Waals surface area contributed by atoms with Crippen molar-refractivity contribution in [3.8, 4) is 11.5 Å². The van der Waals surface area contributed by atoms with Crippen LogP contribution >= 0.6 is 0 Å². The van der Waals surface area contributed by atoms with Crippen LogP contribution < -0.4 is 20.7 Å². The molecule has 0 unspecified atom stereocenters. The monoisotopic (exact) mass is 275 g/mol. The maximum atomic E-state index is 11.1. The maximum absolute atomic E-state index is 11.1. The van der Waals surface area contributed by atoms with E-state index in [-0.39, 0.29) is 5.82 Å². The highest BCUT2D eigenvalue weighted by Gasteiger charge is 2.03. The van der Waals surface area contributed by atoms with E-state index in [1.807, 2.05) is 0 Å². The Balaban J connectivity index is 2.35. The average molecular weight is 275 g/mol. The zero-order chi connectivity index (χ0) is 14.5. The Morgan fingerprint density at radius 3 is 2.55 bits per heavy atom. The van der Waals surface area contributed by atoms with Crippen LogP contribution in [0, 0.1) is 0 Å². The number of benzene rings is 1. The first-order valence-electron chi connectivity index (χ1n) is 5.72. The van der Waals surface area contributed by atoms with E-state index in [0.29, 0.717) is 17.1 Å². The SMILES string of the molecule is COc1ccc(C=Nc2cc(=O)[nH]c(=O)[nH]2)c(OC)c1. The van der Waals surface area contributed by atoms with Gasteiger partial charge in [-0.25, -0.2) is 9.79 Å². The Morgan fingerprint density at radius 1 is 1.10 bits per heavy atom. The van der Waals surface area contributed by atoms with Crippen molar-refractivity contribution in [1.29, 1.82) is 0 Å². The maximum Gasteiger partial charge on any atom is 0.327 e. The van der Waals surface area contributed by atoms with Gasteiger partial charge in [-0.3, -0.25) is 14.8 Å². The second-order valence-corrected chi connectivity index (χ2v) is 3.84. The van der Waals surface area contributed by atoms with Gasteiger partial charge in [0.25, 0.3) is 5.56 Å². The van der Waals surface area contributed by atoms with Crippen molar-refractivity contribution in [2.45, 2.75) is 0 Å². The fourth-order valence-electron chi connectivity index (χ4n) is 1.59. The molecule has 7 heteroatoms. The molecular formula is C13H13N3O4. The highest BCUT2D eigenvalue weighted by Crippen LogP contribution is 2.23. The van der Waals surface area contributed by atoms with Crippen LogP contribution in [0.3, 0.4) is 0 Å². The number of nitrogens with zero attached hydrogens (tertiary/aromatic N) is 1. The summed E-state index contributed by atoms with van der Waals surface area (Å²) in [6.45, 7) is 0. The van der Waals surface area contributed by atoms with Crippen molar-refractivity contribution in [3.05, 3.63) is 50.7 Å². The van der Waals surface area contributed by atoms with E-state index < -0.39 is 11.2 Å². The van der Waals surface area contributed by atoms with E-state index in [1.54, 1.807) is 25.3 Å². The van der Waals surface area contributed by atoms with Gasteiger partial charge in [-0.05, 0) is 12.1 Å². The van der Waals surface area contributed by atoms with Gasteiger partial charge in [0, 0.05) is 23.9 Å². The van der Waals surface area contributed by atoms with Crippen LogP contribution in [-0.2, 0) is 0 Å². The van der Waals surface area contributed by atoms with Crippen molar-refractivity contribution < 1.29 is 9.47 Å². The molecule has 2 N–H and O–H groups in total. The van der Waals surface area contributed by atoms with Crippen LogP contribution in [-0.4, -0.2) is 30.4 Å². The first kappa shape index (κ1) is 13.6. The van der Waals surface area contributed by atoms with Crippen LogP contribution in [0.5, 0.6) is 11.5 Å². The zero-order valence-electron chi connectivity index (χ0n) is 11.0. The van der Waals surface area contributed by atoms with E-state index in [2.05, 4.69) is 15.0 Å². The van der Waals surface area contributed by atoms with Crippen molar-refractivity contribution in [2.75, 3.05) is 14.2 Å². The fraction of sp³-hybridized carbons (Fsp3) is 0.154. The number of nitrogens with one attached hydrogen (secondary N) is 2.